The molecule has 0 spiro atoms. The topological polar surface area (TPSA) is 49.3 Å². The van der Waals surface area contributed by atoms with Crippen LogP contribution in [0, 0.1) is 13.8 Å². The molecule has 0 radical (unpaired) electrons. The van der Waals surface area contributed by atoms with Crippen LogP contribution in [0.4, 0.5) is 5.82 Å². The van der Waals surface area contributed by atoms with Crippen molar-refractivity contribution in [3.63, 3.8) is 0 Å². The summed E-state index contributed by atoms with van der Waals surface area (Å²) < 4.78 is 0.875. The number of rotatable bonds is 2. The lowest BCUT2D eigenvalue weighted by molar-refractivity contribution is 0.0740. The van der Waals surface area contributed by atoms with E-state index in [2.05, 4.69) is 43.8 Å². The number of anilines is 1. The first-order valence-corrected chi connectivity index (χ1v) is 8.43. The summed E-state index contributed by atoms with van der Waals surface area (Å²) in [4.78, 5) is 25.3. The van der Waals surface area contributed by atoms with Gasteiger partial charge in [-0.25, -0.2) is 9.97 Å². The number of aryl methyl sites for hydroxylation is 2. The highest BCUT2D eigenvalue weighted by Crippen LogP contribution is 2.20. The van der Waals surface area contributed by atoms with E-state index in [0.717, 1.165) is 23.4 Å². The van der Waals surface area contributed by atoms with Crippen molar-refractivity contribution in [2.24, 2.45) is 0 Å². The predicted molar refractivity (Wildman–Crippen MR) is 93.8 cm³/mol. The van der Waals surface area contributed by atoms with Crippen molar-refractivity contribution in [3.05, 3.63) is 51.9 Å². The van der Waals surface area contributed by atoms with E-state index in [1.54, 1.807) is 12.3 Å². The predicted octanol–water partition coefficient (Wildman–Crippen LogP) is 2.82. The Morgan fingerprint density at radius 3 is 2.43 bits per heavy atom. The molecule has 0 atom stereocenters. The van der Waals surface area contributed by atoms with E-state index in [-0.39, 0.29) is 5.91 Å². The number of halogens is 1. The van der Waals surface area contributed by atoms with Gasteiger partial charge in [0.15, 0.2) is 0 Å². The molecule has 1 aliphatic heterocycles. The van der Waals surface area contributed by atoms with Crippen LogP contribution in [-0.2, 0) is 0 Å². The highest BCUT2D eigenvalue weighted by atomic mass is 79.9. The van der Waals surface area contributed by atoms with Gasteiger partial charge in [0.05, 0.1) is 0 Å². The van der Waals surface area contributed by atoms with E-state index in [1.807, 2.05) is 24.1 Å². The summed E-state index contributed by atoms with van der Waals surface area (Å²) >= 11 is 3.34. The molecule has 1 fully saturated rings. The number of nitrogens with zero attached hydrogens (tertiary/aromatic N) is 4. The fourth-order valence-corrected chi connectivity index (χ4v) is 3.06. The van der Waals surface area contributed by atoms with Crippen molar-refractivity contribution in [1.82, 2.24) is 14.9 Å². The minimum Gasteiger partial charge on any atom is -0.353 e. The number of piperazine rings is 1. The molecule has 0 aromatic carbocycles. The van der Waals surface area contributed by atoms with Crippen LogP contribution < -0.4 is 4.90 Å². The number of amides is 1. The molecule has 6 heteroatoms. The maximum Gasteiger partial charge on any atom is 0.272 e. The Bertz CT molecular complexity index is 709. The minimum absolute atomic E-state index is 0.00858. The molecule has 2 aromatic heterocycles. The molecule has 0 saturated carbocycles. The van der Waals surface area contributed by atoms with Crippen LogP contribution in [0.25, 0.3) is 0 Å². The van der Waals surface area contributed by atoms with E-state index in [9.17, 15) is 4.79 Å². The van der Waals surface area contributed by atoms with Gasteiger partial charge in [0, 0.05) is 43.0 Å². The van der Waals surface area contributed by atoms with Gasteiger partial charge >= 0.3 is 0 Å². The molecule has 23 heavy (non-hydrogen) atoms. The van der Waals surface area contributed by atoms with Gasteiger partial charge in [-0.05, 0) is 53.0 Å². The Balaban J connectivity index is 1.66. The van der Waals surface area contributed by atoms with Gasteiger partial charge in [-0.2, -0.15) is 0 Å². The Morgan fingerprint density at radius 2 is 1.83 bits per heavy atom. The van der Waals surface area contributed by atoms with Crippen LogP contribution >= 0.6 is 15.9 Å². The molecule has 1 amide bonds. The SMILES string of the molecule is Cc1cnc(N2CCN(C(=O)c3ccc(Br)cn3)CC2)c(C)c1. The second kappa shape index (κ2) is 6.66. The first-order valence-electron chi connectivity index (χ1n) is 7.63. The lowest BCUT2D eigenvalue weighted by Crippen LogP contribution is -2.49. The molecule has 5 nitrogen and oxygen atoms in total. The lowest BCUT2D eigenvalue weighted by atomic mass is 10.2. The quantitative estimate of drug-likeness (QED) is 0.810. The van der Waals surface area contributed by atoms with Gasteiger partial charge in [0.1, 0.15) is 11.5 Å². The van der Waals surface area contributed by atoms with Gasteiger partial charge in [0.25, 0.3) is 5.91 Å². The zero-order valence-electron chi connectivity index (χ0n) is 13.3. The summed E-state index contributed by atoms with van der Waals surface area (Å²) in [7, 11) is 0. The molecule has 2 aromatic rings. The largest absolute Gasteiger partial charge is 0.353 e. The summed E-state index contributed by atoms with van der Waals surface area (Å²) in [6.45, 7) is 7.08. The van der Waals surface area contributed by atoms with E-state index in [1.165, 1.54) is 11.1 Å². The third kappa shape index (κ3) is 3.52. The zero-order valence-corrected chi connectivity index (χ0v) is 14.9. The summed E-state index contributed by atoms with van der Waals surface area (Å²) in [5.74, 6) is 1.01. The maximum absolute atomic E-state index is 12.5. The molecule has 1 saturated heterocycles. The fourth-order valence-electron chi connectivity index (χ4n) is 2.82. The molecular formula is C17H19BrN4O. The number of aromatic nitrogens is 2. The average Bonchev–Trinajstić information content (AvgIpc) is 2.55. The number of pyridine rings is 2. The standard InChI is InChI=1S/C17H19BrN4O/c1-12-9-13(2)16(20-10-12)21-5-7-22(8-6-21)17(23)15-4-3-14(18)11-19-15/h3-4,9-11H,5-8H2,1-2H3. The van der Waals surface area contributed by atoms with Crippen molar-refractivity contribution >= 4 is 27.7 Å². The zero-order chi connectivity index (χ0) is 16.4. The number of hydrogen-bond acceptors (Lipinski definition) is 4. The number of carbonyl (C=O) groups excluding carboxylic acids is 1. The molecule has 0 bridgehead atoms. The smallest absolute Gasteiger partial charge is 0.272 e. The Hall–Kier alpha value is -1.95. The molecule has 1 aliphatic rings. The monoisotopic (exact) mass is 374 g/mol. The first kappa shape index (κ1) is 15.9. The van der Waals surface area contributed by atoms with Crippen molar-refractivity contribution in [2.45, 2.75) is 13.8 Å². The molecule has 120 valence electrons. The van der Waals surface area contributed by atoms with Crippen LogP contribution in [-0.4, -0.2) is 47.0 Å². The molecule has 0 N–H and O–H groups in total. The van der Waals surface area contributed by atoms with Gasteiger partial charge in [-0.3, -0.25) is 4.79 Å². The van der Waals surface area contributed by atoms with Crippen LogP contribution in [0.5, 0.6) is 0 Å². The molecule has 3 heterocycles. The first-order chi connectivity index (χ1) is 11.0. The highest BCUT2D eigenvalue weighted by Gasteiger charge is 2.24. The number of hydrogen-bond donors (Lipinski definition) is 0. The fraction of sp³-hybridized carbons (Fsp3) is 0.353. The van der Waals surface area contributed by atoms with E-state index in [0.29, 0.717) is 18.8 Å². The Kier molecular flexibility index (Phi) is 4.61. The second-order valence-electron chi connectivity index (χ2n) is 5.79. The van der Waals surface area contributed by atoms with E-state index in [4.69, 9.17) is 0 Å². The second-order valence-corrected chi connectivity index (χ2v) is 6.71. The Labute approximate surface area is 144 Å². The van der Waals surface area contributed by atoms with Crippen LogP contribution in [0.1, 0.15) is 21.6 Å². The van der Waals surface area contributed by atoms with Crippen LogP contribution in [0.3, 0.4) is 0 Å². The average molecular weight is 375 g/mol. The highest BCUT2D eigenvalue weighted by molar-refractivity contribution is 9.10. The van der Waals surface area contributed by atoms with Gasteiger partial charge < -0.3 is 9.80 Å². The molecule has 0 aliphatic carbocycles. The number of carbonyl (C=O) groups is 1. The summed E-state index contributed by atoms with van der Waals surface area (Å²) in [5, 5.41) is 0. The van der Waals surface area contributed by atoms with Gasteiger partial charge in [-0.15, -0.1) is 0 Å². The van der Waals surface area contributed by atoms with Crippen LogP contribution in [0.2, 0.25) is 0 Å². The molecule has 0 unspecified atom stereocenters. The van der Waals surface area contributed by atoms with Crippen LogP contribution in [0.15, 0.2) is 35.1 Å². The van der Waals surface area contributed by atoms with Crippen molar-refractivity contribution in [1.29, 1.82) is 0 Å². The third-order valence-corrected chi connectivity index (χ3v) is 4.47. The Morgan fingerprint density at radius 1 is 1.09 bits per heavy atom. The summed E-state index contributed by atoms with van der Waals surface area (Å²) in [6, 6.07) is 5.74. The molecule has 3 rings (SSSR count). The third-order valence-electron chi connectivity index (χ3n) is 4.00. The van der Waals surface area contributed by atoms with Crippen molar-refractivity contribution in [3.8, 4) is 0 Å². The van der Waals surface area contributed by atoms with E-state index < -0.39 is 0 Å². The van der Waals surface area contributed by atoms with Crippen molar-refractivity contribution < 1.29 is 4.79 Å². The summed E-state index contributed by atoms with van der Waals surface area (Å²) in [6.07, 6.45) is 3.55. The van der Waals surface area contributed by atoms with Gasteiger partial charge in [0.2, 0.25) is 0 Å². The maximum atomic E-state index is 12.5. The minimum atomic E-state index is -0.00858. The van der Waals surface area contributed by atoms with E-state index >= 15 is 0 Å². The molecular weight excluding hydrogens is 356 g/mol. The van der Waals surface area contributed by atoms with Gasteiger partial charge in [-0.1, -0.05) is 6.07 Å². The summed E-state index contributed by atoms with van der Waals surface area (Å²) in [5.41, 5.74) is 2.84. The lowest BCUT2D eigenvalue weighted by Gasteiger charge is -2.36. The van der Waals surface area contributed by atoms with Crippen molar-refractivity contribution in [2.75, 3.05) is 31.1 Å². The normalized spacial score (nSPS) is 14.9.